The van der Waals surface area contributed by atoms with E-state index in [-0.39, 0.29) is 0 Å². The van der Waals surface area contributed by atoms with E-state index in [1.807, 2.05) is 0 Å². The first-order valence-electron chi connectivity index (χ1n) is 11.0. The average molecular weight is 420 g/mol. The molecule has 0 saturated carbocycles. The van der Waals surface area contributed by atoms with Crippen LogP contribution in [0.1, 0.15) is 42.1 Å². The number of benzene rings is 1. The summed E-state index contributed by atoms with van der Waals surface area (Å²) in [6.45, 7) is 7.15. The van der Waals surface area contributed by atoms with Crippen molar-refractivity contribution in [1.82, 2.24) is 14.9 Å². The number of fused-ring (bicyclic) bond motifs is 1. The lowest BCUT2D eigenvalue weighted by molar-refractivity contribution is 0.0342. The molecule has 4 rings (SSSR count). The molecule has 7 nitrogen and oxygen atoms in total. The zero-order chi connectivity index (χ0) is 21.6. The highest BCUT2D eigenvalue weighted by atomic mass is 16.5. The van der Waals surface area contributed by atoms with Gasteiger partial charge < -0.3 is 15.2 Å². The largest absolute Gasteiger partial charge is 0.463 e. The molecule has 7 heteroatoms. The maximum atomic E-state index is 9.70. The normalized spacial score (nSPS) is 16.3. The minimum absolute atomic E-state index is 0.294. The third kappa shape index (κ3) is 5.04. The Balaban J connectivity index is 1.51. The molecule has 2 heterocycles. The molecular formula is C24H29N5O2. The van der Waals surface area contributed by atoms with Crippen LogP contribution < -0.4 is 10.5 Å². The van der Waals surface area contributed by atoms with Gasteiger partial charge in [-0.1, -0.05) is 37.6 Å². The minimum atomic E-state index is 0.294. The molecule has 2 aromatic rings. The second kappa shape index (κ2) is 9.90. The van der Waals surface area contributed by atoms with E-state index < -0.39 is 0 Å². The van der Waals surface area contributed by atoms with Crippen molar-refractivity contribution in [3.05, 3.63) is 52.2 Å². The molecule has 0 spiro atoms. The SMILES string of the molecule is CCCCOc1nc(N)c2c(n1)C(Cc1ccc(CN3CCOCC3)cc1)=C(C#N)C2. The van der Waals surface area contributed by atoms with E-state index in [2.05, 4.69) is 52.1 Å². The Morgan fingerprint density at radius 1 is 1.16 bits per heavy atom. The van der Waals surface area contributed by atoms with Crippen molar-refractivity contribution in [3.8, 4) is 12.1 Å². The predicted molar refractivity (Wildman–Crippen MR) is 119 cm³/mol. The third-order valence-electron chi connectivity index (χ3n) is 5.80. The van der Waals surface area contributed by atoms with Crippen molar-refractivity contribution in [2.24, 2.45) is 0 Å². The van der Waals surface area contributed by atoms with Crippen LogP contribution in [0.25, 0.3) is 5.57 Å². The number of nitrogens with two attached hydrogens (primary N) is 1. The summed E-state index contributed by atoms with van der Waals surface area (Å²) in [5.74, 6) is 0.403. The van der Waals surface area contributed by atoms with Crippen molar-refractivity contribution >= 4 is 11.4 Å². The molecule has 1 aromatic carbocycles. The summed E-state index contributed by atoms with van der Waals surface area (Å²) in [5.41, 5.74) is 11.8. The molecule has 0 radical (unpaired) electrons. The van der Waals surface area contributed by atoms with Gasteiger partial charge in [0.25, 0.3) is 0 Å². The summed E-state index contributed by atoms with van der Waals surface area (Å²) in [4.78, 5) is 11.3. The first-order chi connectivity index (χ1) is 15.2. The van der Waals surface area contributed by atoms with Gasteiger partial charge in [0.1, 0.15) is 5.82 Å². The van der Waals surface area contributed by atoms with Gasteiger partial charge in [-0.05, 0) is 23.1 Å². The fourth-order valence-electron chi connectivity index (χ4n) is 3.98. The molecule has 1 aliphatic carbocycles. The number of hydrogen-bond acceptors (Lipinski definition) is 7. The van der Waals surface area contributed by atoms with Gasteiger partial charge in [0.15, 0.2) is 0 Å². The average Bonchev–Trinajstić information content (AvgIpc) is 3.14. The molecule has 2 N–H and O–H groups in total. The van der Waals surface area contributed by atoms with Gasteiger partial charge >= 0.3 is 6.01 Å². The van der Waals surface area contributed by atoms with Crippen LogP contribution in [0.5, 0.6) is 6.01 Å². The summed E-state index contributed by atoms with van der Waals surface area (Å²) in [7, 11) is 0. The number of aromatic nitrogens is 2. The fourth-order valence-corrected chi connectivity index (χ4v) is 3.98. The summed E-state index contributed by atoms with van der Waals surface area (Å²) in [5, 5.41) is 9.70. The molecule has 1 saturated heterocycles. The van der Waals surface area contributed by atoms with Crippen LogP contribution in [-0.4, -0.2) is 47.8 Å². The molecule has 1 aromatic heterocycles. The Morgan fingerprint density at radius 2 is 1.90 bits per heavy atom. The second-order valence-electron chi connectivity index (χ2n) is 8.05. The highest BCUT2D eigenvalue weighted by Gasteiger charge is 2.27. The van der Waals surface area contributed by atoms with E-state index >= 15 is 0 Å². The van der Waals surface area contributed by atoms with Crippen LogP contribution in [0.3, 0.4) is 0 Å². The molecule has 1 fully saturated rings. The molecule has 1 aliphatic heterocycles. The van der Waals surface area contributed by atoms with Gasteiger partial charge in [-0.25, -0.2) is 0 Å². The smallest absolute Gasteiger partial charge is 0.318 e. The van der Waals surface area contributed by atoms with Crippen LogP contribution in [0.4, 0.5) is 5.82 Å². The van der Waals surface area contributed by atoms with Gasteiger partial charge in [0, 0.05) is 43.6 Å². The number of morpholine rings is 1. The molecule has 31 heavy (non-hydrogen) atoms. The number of nitriles is 1. The molecule has 0 bridgehead atoms. The van der Waals surface area contributed by atoms with E-state index in [0.29, 0.717) is 36.8 Å². The van der Waals surface area contributed by atoms with Crippen LogP contribution in [0, 0.1) is 11.3 Å². The second-order valence-corrected chi connectivity index (χ2v) is 8.05. The Bertz CT molecular complexity index is 988. The van der Waals surface area contributed by atoms with Gasteiger partial charge in [-0.15, -0.1) is 0 Å². The number of allylic oxidation sites excluding steroid dienone is 2. The lowest BCUT2D eigenvalue weighted by Gasteiger charge is -2.26. The predicted octanol–water partition coefficient (Wildman–Crippen LogP) is 3.15. The monoisotopic (exact) mass is 419 g/mol. The first kappa shape index (κ1) is 21.3. The summed E-state index contributed by atoms with van der Waals surface area (Å²) >= 11 is 0. The van der Waals surface area contributed by atoms with Crippen LogP contribution >= 0.6 is 0 Å². The van der Waals surface area contributed by atoms with Crippen LogP contribution in [0.15, 0.2) is 29.8 Å². The van der Waals surface area contributed by atoms with Crippen molar-refractivity contribution in [1.29, 1.82) is 5.26 Å². The standard InChI is InChI=1S/C24H29N5O2/c1-2-3-10-31-24-27-22-20(19(15-25)14-21(22)23(26)28-24)13-17-4-6-18(7-5-17)16-29-8-11-30-12-9-29/h4-7H,2-3,8-14,16H2,1H3,(H2,26,27,28). The van der Waals surface area contributed by atoms with E-state index in [0.717, 1.165) is 68.1 Å². The number of anilines is 1. The van der Waals surface area contributed by atoms with Gasteiger partial charge in [-0.3, -0.25) is 4.90 Å². The molecule has 0 amide bonds. The van der Waals surface area contributed by atoms with Gasteiger partial charge in [-0.2, -0.15) is 15.2 Å². The lowest BCUT2D eigenvalue weighted by atomic mass is 10.00. The molecule has 162 valence electrons. The Kier molecular flexibility index (Phi) is 6.80. The number of nitrogens with zero attached hydrogens (tertiary/aromatic N) is 4. The summed E-state index contributed by atoms with van der Waals surface area (Å²) in [6, 6.07) is 11.2. The van der Waals surface area contributed by atoms with E-state index in [1.165, 1.54) is 5.56 Å². The topological polar surface area (TPSA) is 97.3 Å². The number of nitrogen functional groups attached to an aromatic ring is 1. The Morgan fingerprint density at radius 3 is 2.61 bits per heavy atom. The lowest BCUT2D eigenvalue weighted by Crippen LogP contribution is -2.35. The molecule has 2 aliphatic rings. The summed E-state index contributed by atoms with van der Waals surface area (Å²) < 4.78 is 11.1. The Labute approximate surface area is 183 Å². The third-order valence-corrected chi connectivity index (χ3v) is 5.80. The van der Waals surface area contributed by atoms with E-state index in [4.69, 9.17) is 15.2 Å². The number of hydrogen-bond donors (Lipinski definition) is 1. The molecule has 0 atom stereocenters. The molecular weight excluding hydrogens is 390 g/mol. The zero-order valence-electron chi connectivity index (χ0n) is 18.1. The number of ether oxygens (including phenoxy) is 2. The molecule has 0 unspecified atom stereocenters. The number of rotatable bonds is 8. The van der Waals surface area contributed by atoms with Crippen molar-refractivity contribution in [3.63, 3.8) is 0 Å². The fraction of sp³-hybridized carbons (Fsp3) is 0.458. The number of unbranched alkanes of at least 4 members (excludes halogenated alkanes) is 1. The van der Waals surface area contributed by atoms with Crippen molar-refractivity contribution in [2.45, 2.75) is 39.2 Å². The maximum absolute atomic E-state index is 9.70. The van der Waals surface area contributed by atoms with Crippen molar-refractivity contribution < 1.29 is 9.47 Å². The van der Waals surface area contributed by atoms with Crippen LogP contribution in [-0.2, 0) is 24.1 Å². The highest BCUT2D eigenvalue weighted by Crippen LogP contribution is 2.37. The zero-order valence-corrected chi connectivity index (χ0v) is 18.1. The van der Waals surface area contributed by atoms with Gasteiger partial charge in [0.05, 0.1) is 31.6 Å². The van der Waals surface area contributed by atoms with Crippen LogP contribution in [0.2, 0.25) is 0 Å². The Hall–Kier alpha value is -2.95. The highest BCUT2D eigenvalue weighted by molar-refractivity contribution is 5.81. The maximum Gasteiger partial charge on any atom is 0.318 e. The van der Waals surface area contributed by atoms with E-state index in [9.17, 15) is 5.26 Å². The van der Waals surface area contributed by atoms with E-state index in [1.54, 1.807) is 0 Å². The minimum Gasteiger partial charge on any atom is -0.463 e. The first-order valence-corrected chi connectivity index (χ1v) is 11.0. The van der Waals surface area contributed by atoms with Gasteiger partial charge in [0.2, 0.25) is 0 Å². The quantitative estimate of drug-likeness (QED) is 0.657. The summed E-state index contributed by atoms with van der Waals surface area (Å²) in [6.07, 6.45) is 3.09. The van der Waals surface area contributed by atoms with Crippen molar-refractivity contribution in [2.75, 3.05) is 38.6 Å².